The van der Waals surface area contributed by atoms with E-state index >= 15 is 0 Å². The maximum atomic E-state index is 12.3. The van der Waals surface area contributed by atoms with Crippen LogP contribution in [-0.4, -0.2) is 38.3 Å². The van der Waals surface area contributed by atoms with E-state index in [4.69, 9.17) is 14.2 Å². The van der Waals surface area contributed by atoms with Crippen molar-refractivity contribution in [3.8, 4) is 17.2 Å². The van der Waals surface area contributed by atoms with Crippen molar-refractivity contribution in [1.82, 2.24) is 9.88 Å². The van der Waals surface area contributed by atoms with E-state index in [9.17, 15) is 9.59 Å². The van der Waals surface area contributed by atoms with Gasteiger partial charge in [-0.2, -0.15) is 0 Å². The second-order valence-electron chi connectivity index (χ2n) is 5.38. The maximum Gasteiger partial charge on any atom is 0.254 e. The molecule has 0 aliphatic rings. The second kappa shape index (κ2) is 8.23. The number of carbonyl (C=O) groups excluding carboxylic acids is 1. The van der Waals surface area contributed by atoms with E-state index in [1.54, 1.807) is 28.8 Å². The molecule has 1 N–H and O–H groups in total. The first-order valence-corrected chi connectivity index (χ1v) is 7.75. The van der Waals surface area contributed by atoms with Crippen LogP contribution in [0.4, 0.5) is 0 Å². The molecule has 1 heterocycles. The van der Waals surface area contributed by atoms with Crippen molar-refractivity contribution < 1.29 is 19.0 Å². The van der Waals surface area contributed by atoms with E-state index in [1.807, 2.05) is 6.92 Å². The van der Waals surface area contributed by atoms with Gasteiger partial charge in [-0.05, 0) is 25.1 Å². The third-order valence-electron chi connectivity index (χ3n) is 3.78. The SMILES string of the molecule is COc1cc(OC)cc(C(=O)NCCn2c(C)cc(OC)cc2=O)c1. The van der Waals surface area contributed by atoms with Crippen LogP contribution in [0.2, 0.25) is 0 Å². The van der Waals surface area contributed by atoms with Crippen molar-refractivity contribution in [2.75, 3.05) is 27.9 Å². The molecule has 0 saturated carbocycles. The van der Waals surface area contributed by atoms with Gasteiger partial charge in [0.1, 0.15) is 17.2 Å². The molecule has 0 unspecified atom stereocenters. The Morgan fingerprint density at radius 3 is 2.04 bits per heavy atom. The summed E-state index contributed by atoms with van der Waals surface area (Å²) in [6.45, 7) is 2.49. The summed E-state index contributed by atoms with van der Waals surface area (Å²) in [6, 6.07) is 8.14. The molecule has 0 aliphatic heterocycles. The van der Waals surface area contributed by atoms with Gasteiger partial charge in [-0.3, -0.25) is 9.59 Å². The van der Waals surface area contributed by atoms with Crippen molar-refractivity contribution in [2.24, 2.45) is 0 Å². The predicted molar refractivity (Wildman–Crippen MR) is 93.9 cm³/mol. The van der Waals surface area contributed by atoms with Crippen molar-refractivity contribution in [2.45, 2.75) is 13.5 Å². The monoisotopic (exact) mass is 346 g/mol. The average Bonchev–Trinajstić information content (AvgIpc) is 2.62. The highest BCUT2D eigenvalue weighted by Gasteiger charge is 2.10. The molecule has 0 fully saturated rings. The lowest BCUT2D eigenvalue weighted by atomic mass is 10.2. The summed E-state index contributed by atoms with van der Waals surface area (Å²) in [4.78, 5) is 24.4. The topological polar surface area (TPSA) is 78.8 Å². The van der Waals surface area contributed by atoms with Crippen molar-refractivity contribution >= 4 is 5.91 Å². The van der Waals surface area contributed by atoms with Crippen LogP contribution in [0.25, 0.3) is 0 Å². The molecule has 2 rings (SSSR count). The van der Waals surface area contributed by atoms with Crippen LogP contribution in [0.15, 0.2) is 35.1 Å². The Balaban J connectivity index is 2.05. The lowest BCUT2D eigenvalue weighted by molar-refractivity contribution is 0.0951. The number of aromatic nitrogens is 1. The van der Waals surface area contributed by atoms with Gasteiger partial charge in [0, 0.05) is 36.5 Å². The fraction of sp³-hybridized carbons (Fsp3) is 0.333. The van der Waals surface area contributed by atoms with Gasteiger partial charge < -0.3 is 24.1 Å². The zero-order valence-electron chi connectivity index (χ0n) is 14.8. The van der Waals surface area contributed by atoms with Crippen LogP contribution in [0.3, 0.4) is 0 Å². The fourth-order valence-electron chi connectivity index (χ4n) is 2.43. The standard InChI is InChI=1S/C18H22N2O5/c1-12-7-14(23-2)11-17(21)20(12)6-5-19-18(22)13-8-15(24-3)10-16(9-13)25-4/h7-11H,5-6H2,1-4H3,(H,19,22). The number of carbonyl (C=O) groups is 1. The van der Waals surface area contributed by atoms with Crippen LogP contribution in [0.5, 0.6) is 17.2 Å². The summed E-state index contributed by atoms with van der Waals surface area (Å²) in [5, 5.41) is 2.79. The normalized spacial score (nSPS) is 10.2. The number of nitrogens with zero attached hydrogens (tertiary/aromatic N) is 1. The Labute approximate surface area is 146 Å². The fourth-order valence-corrected chi connectivity index (χ4v) is 2.43. The molecule has 1 aromatic heterocycles. The minimum Gasteiger partial charge on any atom is -0.497 e. The third kappa shape index (κ3) is 4.53. The number of pyridine rings is 1. The van der Waals surface area contributed by atoms with Crippen LogP contribution in [0.1, 0.15) is 16.1 Å². The molecular weight excluding hydrogens is 324 g/mol. The van der Waals surface area contributed by atoms with Gasteiger partial charge in [0.05, 0.1) is 21.3 Å². The summed E-state index contributed by atoms with van der Waals surface area (Å²) in [5.74, 6) is 1.32. The van der Waals surface area contributed by atoms with Gasteiger partial charge in [0.2, 0.25) is 0 Å². The number of methoxy groups -OCH3 is 3. The average molecular weight is 346 g/mol. The zero-order valence-corrected chi connectivity index (χ0v) is 14.8. The molecule has 134 valence electrons. The van der Waals surface area contributed by atoms with Crippen molar-refractivity contribution in [1.29, 1.82) is 0 Å². The predicted octanol–water partition coefficient (Wildman–Crippen LogP) is 1.61. The lowest BCUT2D eigenvalue weighted by Gasteiger charge is -2.12. The molecule has 7 nitrogen and oxygen atoms in total. The minimum absolute atomic E-state index is 0.172. The zero-order chi connectivity index (χ0) is 18.4. The number of nitrogens with one attached hydrogen (secondary N) is 1. The number of ether oxygens (including phenoxy) is 3. The first kappa shape index (κ1) is 18.4. The van der Waals surface area contributed by atoms with Crippen molar-refractivity contribution in [3.05, 3.63) is 51.9 Å². The first-order chi connectivity index (χ1) is 12.0. The van der Waals surface area contributed by atoms with Crippen LogP contribution < -0.4 is 25.1 Å². The van der Waals surface area contributed by atoms with E-state index in [-0.39, 0.29) is 11.5 Å². The Morgan fingerprint density at radius 2 is 1.52 bits per heavy atom. The summed E-state index contributed by atoms with van der Waals surface area (Å²) >= 11 is 0. The summed E-state index contributed by atoms with van der Waals surface area (Å²) in [5.41, 5.74) is 1.02. The number of benzene rings is 1. The van der Waals surface area contributed by atoms with Crippen LogP contribution in [-0.2, 0) is 6.54 Å². The third-order valence-corrected chi connectivity index (χ3v) is 3.78. The van der Waals surface area contributed by atoms with Gasteiger partial charge in [0.15, 0.2) is 0 Å². The van der Waals surface area contributed by atoms with Crippen LogP contribution in [0, 0.1) is 6.92 Å². The van der Waals surface area contributed by atoms with Gasteiger partial charge in [0.25, 0.3) is 11.5 Å². The molecule has 0 saturated heterocycles. The van der Waals surface area contributed by atoms with E-state index in [0.717, 1.165) is 5.69 Å². The number of hydrogen-bond donors (Lipinski definition) is 1. The minimum atomic E-state index is -0.267. The molecule has 7 heteroatoms. The van der Waals surface area contributed by atoms with Gasteiger partial charge >= 0.3 is 0 Å². The molecule has 0 radical (unpaired) electrons. The maximum absolute atomic E-state index is 12.3. The molecule has 0 bridgehead atoms. The summed E-state index contributed by atoms with van der Waals surface area (Å²) in [6.07, 6.45) is 0. The Kier molecular flexibility index (Phi) is 6.05. The molecule has 0 atom stereocenters. The van der Waals surface area contributed by atoms with Gasteiger partial charge in [-0.1, -0.05) is 0 Å². The first-order valence-electron chi connectivity index (χ1n) is 7.75. The molecule has 1 amide bonds. The number of hydrogen-bond acceptors (Lipinski definition) is 5. The van der Waals surface area contributed by atoms with Crippen molar-refractivity contribution in [3.63, 3.8) is 0 Å². The highest BCUT2D eigenvalue weighted by molar-refractivity contribution is 5.95. The number of rotatable bonds is 7. The lowest BCUT2D eigenvalue weighted by Crippen LogP contribution is -2.31. The largest absolute Gasteiger partial charge is 0.497 e. The van der Waals surface area contributed by atoms with E-state index in [0.29, 0.717) is 35.9 Å². The summed E-state index contributed by atoms with van der Waals surface area (Å²) in [7, 11) is 4.56. The highest BCUT2D eigenvalue weighted by atomic mass is 16.5. The molecule has 0 aliphatic carbocycles. The highest BCUT2D eigenvalue weighted by Crippen LogP contribution is 2.22. The molecular formula is C18H22N2O5. The molecule has 25 heavy (non-hydrogen) atoms. The quantitative estimate of drug-likeness (QED) is 0.824. The van der Waals surface area contributed by atoms with E-state index < -0.39 is 0 Å². The molecule has 2 aromatic rings. The Morgan fingerprint density at radius 1 is 0.960 bits per heavy atom. The van der Waals surface area contributed by atoms with E-state index in [2.05, 4.69) is 5.32 Å². The number of amides is 1. The smallest absolute Gasteiger partial charge is 0.254 e. The van der Waals surface area contributed by atoms with Gasteiger partial charge in [-0.15, -0.1) is 0 Å². The Hall–Kier alpha value is -2.96. The second-order valence-corrected chi connectivity index (χ2v) is 5.38. The Bertz CT molecular complexity index is 791. The van der Waals surface area contributed by atoms with Crippen LogP contribution >= 0.6 is 0 Å². The summed E-state index contributed by atoms with van der Waals surface area (Å²) < 4.78 is 17.0. The number of aryl methyl sites for hydroxylation is 1. The molecule has 0 spiro atoms. The molecule has 1 aromatic carbocycles. The van der Waals surface area contributed by atoms with E-state index in [1.165, 1.54) is 27.4 Å². The van der Waals surface area contributed by atoms with Gasteiger partial charge in [-0.25, -0.2) is 0 Å².